The summed E-state index contributed by atoms with van der Waals surface area (Å²) in [6.45, 7) is 1.67. The predicted octanol–water partition coefficient (Wildman–Crippen LogP) is -4.97. The number of unbranched alkanes of at least 4 members (excludes halogenated alkanes) is 2. The van der Waals surface area contributed by atoms with Gasteiger partial charge in [-0.2, -0.15) is 37.9 Å². The van der Waals surface area contributed by atoms with E-state index in [4.69, 9.17) is 17.2 Å². The summed E-state index contributed by atoms with van der Waals surface area (Å²) in [6, 6.07) is 5.41. The number of aromatic nitrogens is 1. The average Bonchev–Trinajstić information content (AvgIpc) is 1.59. The molecule has 1 aromatic heterocycles. The third-order valence-electron chi connectivity index (χ3n) is 16.5. The van der Waals surface area contributed by atoms with E-state index in [9.17, 15) is 77.6 Å². The molecular formula is C67H98N16O16S3. The molecule has 3 aromatic carbocycles. The third-order valence-corrected chi connectivity index (χ3v) is 17.6. The van der Waals surface area contributed by atoms with E-state index in [1.807, 2.05) is 0 Å². The number of amides is 11. The second-order valence-corrected chi connectivity index (χ2v) is 25.4. The van der Waals surface area contributed by atoms with Crippen LogP contribution in [0.4, 0.5) is 0 Å². The second-order valence-electron chi connectivity index (χ2n) is 24.3. The topological polar surface area (TPSA) is 521 Å². The van der Waals surface area contributed by atoms with Crippen LogP contribution >= 0.6 is 37.9 Å². The summed E-state index contributed by atoms with van der Waals surface area (Å²) in [6.07, 6.45) is -1.92. The van der Waals surface area contributed by atoms with Crippen LogP contribution in [0.5, 0.6) is 0 Å². The van der Waals surface area contributed by atoms with Crippen LogP contribution in [0.15, 0.2) is 91.1 Å². The van der Waals surface area contributed by atoms with Crippen LogP contribution in [-0.2, 0) is 81.6 Å². The summed E-state index contributed by atoms with van der Waals surface area (Å²) in [7, 11) is 2.92. The molecule has 4 rings (SSSR count). The minimum atomic E-state index is -1.87. The number of rotatable bonds is 47. The van der Waals surface area contributed by atoms with Gasteiger partial charge in [-0.3, -0.25) is 62.3 Å². The van der Waals surface area contributed by atoms with Gasteiger partial charge in [-0.15, -0.1) is 0 Å². The molecule has 0 aliphatic rings. The minimum absolute atomic E-state index is 0.0724. The number of nitrogens with one attached hydrogen (secondary N) is 13. The largest absolute Gasteiger partial charge is 0.394 e. The van der Waals surface area contributed by atoms with E-state index >= 15 is 0 Å². The van der Waals surface area contributed by atoms with Gasteiger partial charge < -0.3 is 101 Å². The highest BCUT2D eigenvalue weighted by Gasteiger charge is 2.39. The fourth-order valence-corrected chi connectivity index (χ4v) is 11.6. The van der Waals surface area contributed by atoms with E-state index in [1.165, 1.54) is 14.1 Å². The molecule has 22 N–H and O–H groups in total. The Bertz CT molecular complexity index is 3440. The van der Waals surface area contributed by atoms with Gasteiger partial charge in [0.1, 0.15) is 60.4 Å². The number of ketones is 2. The van der Waals surface area contributed by atoms with Gasteiger partial charge in [-0.25, -0.2) is 0 Å². The summed E-state index contributed by atoms with van der Waals surface area (Å²) in [5, 5.41) is 63.2. The van der Waals surface area contributed by atoms with Gasteiger partial charge in [0.25, 0.3) is 0 Å². The van der Waals surface area contributed by atoms with Crippen molar-refractivity contribution in [1.82, 2.24) is 68.8 Å². The van der Waals surface area contributed by atoms with Crippen LogP contribution in [0.3, 0.4) is 0 Å². The van der Waals surface area contributed by atoms with E-state index in [2.05, 4.69) is 107 Å². The molecule has 102 heavy (non-hydrogen) atoms. The lowest BCUT2D eigenvalue weighted by Crippen LogP contribution is -2.63. The summed E-state index contributed by atoms with van der Waals surface area (Å²) >= 11 is 12.6. The first kappa shape index (κ1) is 85.9. The Hall–Kier alpha value is -8.52. The van der Waals surface area contributed by atoms with Crippen molar-refractivity contribution < 1.29 is 77.6 Å². The number of primary amides is 1. The van der Waals surface area contributed by atoms with Crippen molar-refractivity contribution in [2.24, 2.45) is 17.2 Å². The second kappa shape index (κ2) is 44.8. The first-order valence-electron chi connectivity index (χ1n) is 33.3. The summed E-state index contributed by atoms with van der Waals surface area (Å²) in [5.41, 5.74) is 19.3. The fraction of sp³-hybridized carbons (Fsp3) is 0.507. The number of nitrogens with two attached hydrogens (primary N) is 3. The van der Waals surface area contributed by atoms with Gasteiger partial charge in [0.05, 0.1) is 37.3 Å². The van der Waals surface area contributed by atoms with Crippen LogP contribution < -0.4 is 81.0 Å². The molecule has 0 saturated heterocycles. The Morgan fingerprint density at radius 2 is 0.775 bits per heavy atom. The molecule has 0 fully saturated rings. The fourth-order valence-electron chi connectivity index (χ4n) is 10.6. The van der Waals surface area contributed by atoms with Gasteiger partial charge in [-0.05, 0) is 102 Å². The van der Waals surface area contributed by atoms with Crippen molar-refractivity contribution in [1.29, 1.82) is 0 Å². The standard InChI is InChI=1S/C67H98N16O16S3/c1-36(85)54(66(98)79-46(28-39-19-9-6-10-20-39)63(95)83-55(37(2)86)67(99)80-49(32-84)56(88)57(89)50(33-100)71-3)82-59(91)44(24-14-16-26-69)74-61(93)47(29-40-31-73-42-22-12-11-21-41(40)42)77-65(97)52(35-102)81-60(92)45(27-38-17-7-5-8-18-38)76-62(94)48(30-53(70)87)78-58(90)43(23-13-15-25-68)75-64(96)51(34-101)72-4/h5-12,17-22,31,36-37,43-52,54-55,71-73,84-86,100-102H,13-16,23-30,32-35,68-69H2,1-4H3,(H2,70,87)(H,74,93)(H,75,96)(H,76,94)(H,77,97)(H,78,90)(H,79,98)(H,80,99)(H,81,92)(H,82,91)(H,83,95)/t36-,37-,43?,44+,45?,46+,47?,48+,49+,50+,51+,52+,54+,55+/m1/s1. The lowest BCUT2D eigenvalue weighted by Gasteiger charge is -2.29. The molecule has 0 aliphatic carbocycles. The Balaban J connectivity index is 1.66. The number of hydrogen-bond donors (Lipinski definition) is 22. The number of aromatic amines is 1. The van der Waals surface area contributed by atoms with E-state index in [1.54, 1.807) is 91.1 Å². The van der Waals surface area contributed by atoms with E-state index in [-0.39, 0.29) is 63.1 Å². The Morgan fingerprint density at radius 1 is 0.422 bits per heavy atom. The highest BCUT2D eigenvalue weighted by Crippen LogP contribution is 2.20. The molecule has 560 valence electrons. The number of aliphatic hydroxyl groups excluding tert-OH is 3. The number of carbonyl (C=O) groups is 13. The number of aliphatic hydroxyl groups is 3. The maximum atomic E-state index is 15.0. The zero-order chi connectivity index (χ0) is 75.6. The van der Waals surface area contributed by atoms with Gasteiger partial charge >= 0.3 is 0 Å². The highest BCUT2D eigenvalue weighted by atomic mass is 32.1. The molecule has 35 heteroatoms. The molecule has 0 bridgehead atoms. The zero-order valence-corrected chi connectivity index (χ0v) is 60.0. The van der Waals surface area contributed by atoms with E-state index < -0.39 is 180 Å². The molecule has 0 spiro atoms. The van der Waals surface area contributed by atoms with Crippen molar-refractivity contribution in [2.75, 3.05) is 51.1 Å². The number of carbonyl (C=O) groups excluding carboxylic acids is 13. The van der Waals surface area contributed by atoms with Crippen LogP contribution in [0.1, 0.15) is 75.5 Å². The minimum Gasteiger partial charge on any atom is -0.394 e. The van der Waals surface area contributed by atoms with Crippen molar-refractivity contribution >= 4 is 125 Å². The zero-order valence-electron chi connectivity index (χ0n) is 57.3. The number of hydrogen-bond acceptors (Lipinski definition) is 23. The molecule has 14 atom stereocenters. The number of Topliss-reactive ketones (excluding diaryl/α,β-unsaturated/α-hetero) is 2. The Kier molecular flexibility index (Phi) is 37.7. The van der Waals surface area contributed by atoms with E-state index in [0.717, 1.165) is 13.8 Å². The highest BCUT2D eigenvalue weighted by molar-refractivity contribution is 7.80. The van der Waals surface area contributed by atoms with Crippen molar-refractivity contribution in [3.05, 3.63) is 108 Å². The van der Waals surface area contributed by atoms with Crippen LogP contribution in [0.2, 0.25) is 0 Å². The molecule has 4 aromatic rings. The maximum Gasteiger partial charge on any atom is 0.245 e. The first-order chi connectivity index (χ1) is 48.7. The van der Waals surface area contributed by atoms with Gasteiger partial charge in [-0.1, -0.05) is 78.9 Å². The summed E-state index contributed by atoms with van der Waals surface area (Å²) in [5.74, 6) is -13.5. The molecular weight excluding hydrogens is 1380 g/mol. The SMILES string of the molecule is CN[C@@H](CS)C(=O)NC(CCCCN)C(=O)N[C@@H](CC(N)=O)C(=O)NC(Cc1ccccc1)C(=O)N[C@@H](CS)C(=O)NC(Cc1c[nH]c2ccccc12)C(=O)N[C@@H](CCCCN)C(=O)N[C@H](C(=O)N[C@@H](Cc1ccccc1)C(=O)N[C@H](C(=O)N[C@@H](CO)C(=O)C(=O)[C@H](CS)NC)[C@@H](C)O)[C@@H](C)O. The van der Waals surface area contributed by atoms with Crippen molar-refractivity contribution in [3.8, 4) is 0 Å². The molecule has 0 saturated carbocycles. The Morgan fingerprint density at radius 3 is 1.22 bits per heavy atom. The smallest absolute Gasteiger partial charge is 0.245 e. The van der Waals surface area contributed by atoms with Crippen LogP contribution in [0, 0.1) is 0 Å². The molecule has 0 aliphatic heterocycles. The third kappa shape index (κ3) is 27.3. The number of para-hydroxylation sites is 1. The van der Waals surface area contributed by atoms with Gasteiger partial charge in [0.2, 0.25) is 76.5 Å². The molecule has 0 radical (unpaired) electrons. The van der Waals surface area contributed by atoms with Crippen molar-refractivity contribution in [2.45, 2.75) is 163 Å². The predicted molar refractivity (Wildman–Crippen MR) is 389 cm³/mol. The number of likely N-dealkylation sites (N-methyl/N-ethyl adjacent to an activating group) is 2. The Labute approximate surface area is 607 Å². The molecule has 1 heterocycles. The van der Waals surface area contributed by atoms with Crippen molar-refractivity contribution in [3.63, 3.8) is 0 Å². The normalized spacial score (nSPS) is 15.4. The van der Waals surface area contributed by atoms with Gasteiger partial charge in [0.15, 0.2) is 0 Å². The van der Waals surface area contributed by atoms with E-state index in [0.29, 0.717) is 46.9 Å². The van der Waals surface area contributed by atoms with Crippen LogP contribution in [0.25, 0.3) is 10.9 Å². The molecule has 32 nitrogen and oxygen atoms in total. The monoisotopic (exact) mass is 1480 g/mol. The number of H-pyrrole nitrogens is 1. The molecule has 3 unspecified atom stereocenters. The summed E-state index contributed by atoms with van der Waals surface area (Å²) < 4.78 is 0. The maximum absolute atomic E-state index is 15.0. The van der Waals surface area contributed by atoms with Crippen LogP contribution in [-0.4, -0.2) is 233 Å². The lowest BCUT2D eigenvalue weighted by molar-refractivity contribution is -0.141. The summed E-state index contributed by atoms with van der Waals surface area (Å²) in [4.78, 5) is 184. The van der Waals surface area contributed by atoms with Gasteiger partial charge in [0, 0.05) is 53.6 Å². The molecule has 11 amide bonds. The quantitative estimate of drug-likeness (QED) is 0.0112. The number of benzene rings is 3. The number of fused-ring (bicyclic) bond motifs is 1. The first-order valence-corrected chi connectivity index (χ1v) is 35.2. The average molecular weight is 1480 g/mol. The lowest BCUT2D eigenvalue weighted by atomic mass is 10.0. The number of thiol groups is 3.